The van der Waals surface area contributed by atoms with Crippen LogP contribution in [0, 0.1) is 5.92 Å². The number of carbonyl (C=O) groups excluding carboxylic acids is 1. The van der Waals surface area contributed by atoms with Gasteiger partial charge in [0.15, 0.2) is 0 Å². The Hall–Kier alpha value is -0.570. The molecule has 0 saturated heterocycles. The molecule has 0 bridgehead atoms. The lowest BCUT2D eigenvalue weighted by Gasteiger charge is -2.11. The predicted molar refractivity (Wildman–Crippen MR) is 39.1 cm³/mol. The lowest BCUT2D eigenvalue weighted by Crippen LogP contribution is -2.28. The van der Waals surface area contributed by atoms with E-state index in [1.165, 1.54) is 0 Å². The Morgan fingerprint density at radius 3 is 2.60 bits per heavy atom. The normalized spacial score (nSPS) is 32.5. The number of hydrogen-bond donors (Lipinski definition) is 2. The van der Waals surface area contributed by atoms with Crippen LogP contribution in [0.15, 0.2) is 0 Å². The second kappa shape index (κ2) is 3.01. The van der Waals surface area contributed by atoms with Gasteiger partial charge >= 0.3 is 0 Å². The van der Waals surface area contributed by atoms with E-state index in [1.54, 1.807) is 0 Å². The summed E-state index contributed by atoms with van der Waals surface area (Å²) in [6.07, 6.45) is 3.75. The first kappa shape index (κ1) is 7.54. The van der Waals surface area contributed by atoms with Crippen LogP contribution in [0.2, 0.25) is 0 Å². The van der Waals surface area contributed by atoms with Crippen LogP contribution in [0.4, 0.5) is 0 Å². The summed E-state index contributed by atoms with van der Waals surface area (Å²) in [5.41, 5.74) is 10.8. The predicted octanol–water partition coefficient (Wildman–Crippen LogP) is -0.0108. The van der Waals surface area contributed by atoms with Crippen LogP contribution < -0.4 is 11.5 Å². The van der Waals surface area contributed by atoms with Crippen LogP contribution in [0.25, 0.3) is 0 Å². The molecule has 0 heterocycles. The average molecular weight is 142 g/mol. The van der Waals surface area contributed by atoms with Crippen molar-refractivity contribution in [1.82, 2.24) is 0 Å². The molecule has 1 aliphatic rings. The molecule has 0 aromatic rings. The fourth-order valence-electron chi connectivity index (χ4n) is 1.58. The smallest absolute Gasteiger partial charge is 0.217 e. The van der Waals surface area contributed by atoms with Crippen molar-refractivity contribution in [3.8, 4) is 0 Å². The molecule has 0 aliphatic heterocycles. The van der Waals surface area contributed by atoms with E-state index in [0.717, 1.165) is 19.3 Å². The van der Waals surface area contributed by atoms with Gasteiger partial charge in [-0.15, -0.1) is 0 Å². The first-order valence-electron chi connectivity index (χ1n) is 3.74. The van der Waals surface area contributed by atoms with Gasteiger partial charge in [0.2, 0.25) is 5.91 Å². The summed E-state index contributed by atoms with van der Waals surface area (Å²) in [4.78, 5) is 10.5. The SMILES string of the molecule is NC(=O)C[C@H]1CCC[C@@H]1N. The van der Waals surface area contributed by atoms with E-state index >= 15 is 0 Å². The molecule has 0 aromatic carbocycles. The van der Waals surface area contributed by atoms with Crippen molar-refractivity contribution in [3.63, 3.8) is 0 Å². The van der Waals surface area contributed by atoms with Gasteiger partial charge in [-0.1, -0.05) is 6.42 Å². The Kier molecular flexibility index (Phi) is 2.27. The Bertz CT molecular complexity index is 136. The zero-order valence-electron chi connectivity index (χ0n) is 6.05. The highest BCUT2D eigenvalue weighted by molar-refractivity contribution is 5.74. The third-order valence-corrected chi connectivity index (χ3v) is 2.18. The van der Waals surface area contributed by atoms with Crippen LogP contribution >= 0.6 is 0 Å². The van der Waals surface area contributed by atoms with Gasteiger partial charge in [-0.3, -0.25) is 4.79 Å². The highest BCUT2D eigenvalue weighted by Crippen LogP contribution is 2.26. The molecule has 1 aliphatic carbocycles. The molecule has 10 heavy (non-hydrogen) atoms. The number of amides is 1. The van der Waals surface area contributed by atoms with Crippen LogP contribution in [0.3, 0.4) is 0 Å². The van der Waals surface area contributed by atoms with Crippen molar-refractivity contribution < 1.29 is 4.79 Å². The molecular formula is C7H14N2O. The van der Waals surface area contributed by atoms with Gasteiger partial charge in [-0.05, 0) is 18.8 Å². The topological polar surface area (TPSA) is 69.1 Å². The Morgan fingerprint density at radius 2 is 2.20 bits per heavy atom. The maximum absolute atomic E-state index is 10.5. The number of nitrogens with two attached hydrogens (primary N) is 2. The highest BCUT2D eigenvalue weighted by Gasteiger charge is 2.24. The quantitative estimate of drug-likeness (QED) is 0.569. The fraction of sp³-hybridized carbons (Fsp3) is 0.857. The monoisotopic (exact) mass is 142 g/mol. The van der Waals surface area contributed by atoms with Crippen molar-refractivity contribution in [2.75, 3.05) is 0 Å². The van der Waals surface area contributed by atoms with Crippen LogP contribution in [-0.4, -0.2) is 11.9 Å². The van der Waals surface area contributed by atoms with Crippen LogP contribution in [0.5, 0.6) is 0 Å². The van der Waals surface area contributed by atoms with Gasteiger partial charge < -0.3 is 11.5 Å². The van der Waals surface area contributed by atoms with E-state index in [1.807, 2.05) is 0 Å². The van der Waals surface area contributed by atoms with E-state index in [9.17, 15) is 4.79 Å². The summed E-state index contributed by atoms with van der Waals surface area (Å²) in [6.45, 7) is 0. The van der Waals surface area contributed by atoms with E-state index < -0.39 is 0 Å². The van der Waals surface area contributed by atoms with Gasteiger partial charge in [-0.25, -0.2) is 0 Å². The maximum atomic E-state index is 10.5. The fourth-order valence-corrected chi connectivity index (χ4v) is 1.58. The second-order valence-electron chi connectivity index (χ2n) is 3.03. The van der Waals surface area contributed by atoms with Gasteiger partial charge in [0, 0.05) is 12.5 Å². The molecule has 1 fully saturated rings. The maximum Gasteiger partial charge on any atom is 0.217 e. The lowest BCUT2D eigenvalue weighted by molar-refractivity contribution is -0.118. The highest BCUT2D eigenvalue weighted by atomic mass is 16.1. The molecule has 3 nitrogen and oxygen atoms in total. The van der Waals surface area contributed by atoms with Gasteiger partial charge in [0.05, 0.1) is 0 Å². The minimum atomic E-state index is -0.220. The molecule has 0 unspecified atom stereocenters. The number of carbonyl (C=O) groups is 1. The van der Waals surface area contributed by atoms with Crippen molar-refractivity contribution in [2.45, 2.75) is 31.7 Å². The first-order chi connectivity index (χ1) is 4.70. The summed E-state index contributed by atoms with van der Waals surface area (Å²) in [6, 6.07) is 0.215. The van der Waals surface area contributed by atoms with Gasteiger partial charge in [-0.2, -0.15) is 0 Å². The van der Waals surface area contributed by atoms with E-state index in [4.69, 9.17) is 11.5 Å². The molecule has 4 N–H and O–H groups in total. The molecule has 2 atom stereocenters. The molecule has 0 radical (unpaired) electrons. The molecule has 58 valence electrons. The number of hydrogen-bond acceptors (Lipinski definition) is 2. The minimum Gasteiger partial charge on any atom is -0.370 e. The third-order valence-electron chi connectivity index (χ3n) is 2.18. The lowest BCUT2D eigenvalue weighted by atomic mass is 10.0. The third kappa shape index (κ3) is 1.70. The Balaban J connectivity index is 2.33. The summed E-state index contributed by atoms with van der Waals surface area (Å²) < 4.78 is 0. The summed E-state index contributed by atoms with van der Waals surface area (Å²) >= 11 is 0. The van der Waals surface area contributed by atoms with Crippen molar-refractivity contribution in [1.29, 1.82) is 0 Å². The van der Waals surface area contributed by atoms with Gasteiger partial charge in [0.1, 0.15) is 0 Å². The van der Waals surface area contributed by atoms with Crippen molar-refractivity contribution >= 4 is 5.91 Å². The van der Waals surface area contributed by atoms with Gasteiger partial charge in [0.25, 0.3) is 0 Å². The zero-order valence-corrected chi connectivity index (χ0v) is 6.05. The molecule has 0 aromatic heterocycles. The van der Waals surface area contributed by atoms with Crippen LogP contribution in [0.1, 0.15) is 25.7 Å². The molecule has 0 spiro atoms. The molecule has 3 heteroatoms. The van der Waals surface area contributed by atoms with E-state index in [0.29, 0.717) is 12.3 Å². The van der Waals surface area contributed by atoms with Crippen LogP contribution in [-0.2, 0) is 4.79 Å². The molecule has 1 saturated carbocycles. The second-order valence-corrected chi connectivity index (χ2v) is 3.03. The minimum absolute atomic E-state index is 0.215. The summed E-state index contributed by atoms with van der Waals surface area (Å²) in [5.74, 6) is 0.139. The average Bonchev–Trinajstić information content (AvgIpc) is 2.15. The molecule has 1 rings (SSSR count). The summed E-state index contributed by atoms with van der Waals surface area (Å²) in [5, 5.41) is 0. The Labute approximate surface area is 60.8 Å². The largest absolute Gasteiger partial charge is 0.370 e. The van der Waals surface area contributed by atoms with Crippen molar-refractivity contribution in [2.24, 2.45) is 17.4 Å². The standard InChI is InChI=1S/C7H14N2O/c8-6-3-1-2-5(6)4-7(9)10/h5-6H,1-4,8H2,(H2,9,10)/t5-,6+/m1/s1. The molecular weight excluding hydrogens is 128 g/mol. The van der Waals surface area contributed by atoms with E-state index in [-0.39, 0.29) is 11.9 Å². The van der Waals surface area contributed by atoms with Crippen molar-refractivity contribution in [3.05, 3.63) is 0 Å². The molecule has 1 amide bonds. The van der Waals surface area contributed by atoms with E-state index in [2.05, 4.69) is 0 Å². The summed E-state index contributed by atoms with van der Waals surface area (Å²) in [7, 11) is 0. The Morgan fingerprint density at radius 1 is 1.50 bits per heavy atom. The number of rotatable bonds is 2. The zero-order chi connectivity index (χ0) is 7.56. The number of primary amides is 1. The first-order valence-corrected chi connectivity index (χ1v) is 3.74.